The molecular weight excluding hydrogens is 288 g/mol. The molecule has 3 aromatic rings. The minimum Gasteiger partial charge on any atom is -0.497 e. The van der Waals surface area contributed by atoms with Crippen molar-refractivity contribution in [1.29, 1.82) is 0 Å². The number of anilines is 1. The average molecular weight is 304 g/mol. The summed E-state index contributed by atoms with van der Waals surface area (Å²) in [4.78, 5) is 4.78. The number of hydrogen-bond donors (Lipinski definition) is 1. The van der Waals surface area contributed by atoms with Gasteiger partial charge in [-0.3, -0.25) is 0 Å². The van der Waals surface area contributed by atoms with Crippen molar-refractivity contribution in [2.24, 2.45) is 4.99 Å². The van der Waals surface area contributed by atoms with Crippen LogP contribution in [0.3, 0.4) is 0 Å². The molecule has 0 saturated heterocycles. The third-order valence-electron chi connectivity index (χ3n) is 4.03. The Hall–Kier alpha value is -3.01. The van der Waals surface area contributed by atoms with Gasteiger partial charge in [0.2, 0.25) is 0 Å². The maximum Gasteiger partial charge on any atom is 0.142 e. The summed E-state index contributed by atoms with van der Waals surface area (Å²) in [5, 5.41) is 5.74. The molecular formula is C19H16N2O2. The van der Waals surface area contributed by atoms with Gasteiger partial charge in [0.25, 0.3) is 0 Å². The number of amidine groups is 1. The van der Waals surface area contributed by atoms with E-state index in [0.29, 0.717) is 0 Å². The van der Waals surface area contributed by atoms with E-state index in [-0.39, 0.29) is 0 Å². The van der Waals surface area contributed by atoms with Crippen LogP contribution in [0.4, 0.5) is 11.4 Å². The van der Waals surface area contributed by atoms with Crippen LogP contribution in [-0.4, -0.2) is 20.1 Å². The van der Waals surface area contributed by atoms with Gasteiger partial charge in [0, 0.05) is 17.1 Å². The fourth-order valence-electron chi connectivity index (χ4n) is 2.92. The summed E-state index contributed by atoms with van der Waals surface area (Å²) in [6.45, 7) is 0. The Morgan fingerprint density at radius 2 is 1.74 bits per heavy atom. The highest BCUT2D eigenvalue weighted by Crippen LogP contribution is 2.37. The maximum atomic E-state index is 5.50. The molecule has 1 N–H and O–H groups in total. The first kappa shape index (κ1) is 13.6. The molecule has 4 nitrogen and oxygen atoms in total. The molecule has 1 aliphatic heterocycles. The van der Waals surface area contributed by atoms with Gasteiger partial charge >= 0.3 is 0 Å². The van der Waals surface area contributed by atoms with E-state index in [4.69, 9.17) is 14.5 Å². The Morgan fingerprint density at radius 1 is 0.913 bits per heavy atom. The van der Waals surface area contributed by atoms with E-state index < -0.39 is 0 Å². The van der Waals surface area contributed by atoms with Crippen LogP contribution in [0.1, 0.15) is 5.56 Å². The van der Waals surface area contributed by atoms with Crippen molar-refractivity contribution in [3.8, 4) is 11.5 Å². The summed E-state index contributed by atoms with van der Waals surface area (Å²) < 4.78 is 10.8. The highest BCUT2D eigenvalue weighted by Gasteiger charge is 2.18. The lowest BCUT2D eigenvalue weighted by molar-refractivity contribution is 0.394. The lowest BCUT2D eigenvalue weighted by Gasteiger charge is -2.20. The van der Waals surface area contributed by atoms with Gasteiger partial charge in [-0.2, -0.15) is 0 Å². The molecule has 4 heteroatoms. The van der Waals surface area contributed by atoms with Gasteiger partial charge in [0.1, 0.15) is 17.3 Å². The first-order valence-corrected chi connectivity index (χ1v) is 7.40. The van der Waals surface area contributed by atoms with Crippen LogP contribution in [0.5, 0.6) is 11.5 Å². The number of rotatable bonds is 3. The lowest BCUT2D eigenvalue weighted by atomic mass is 10.0. The van der Waals surface area contributed by atoms with Crippen LogP contribution in [-0.2, 0) is 0 Å². The quantitative estimate of drug-likeness (QED) is 0.781. The van der Waals surface area contributed by atoms with E-state index in [1.807, 2.05) is 36.4 Å². The zero-order valence-corrected chi connectivity index (χ0v) is 13.0. The molecule has 0 fully saturated rings. The van der Waals surface area contributed by atoms with Crippen LogP contribution in [0, 0.1) is 0 Å². The molecule has 114 valence electrons. The number of ether oxygens (including phenoxy) is 2. The number of nitrogens with zero attached hydrogens (tertiary/aromatic N) is 1. The molecule has 3 aromatic carbocycles. The predicted molar refractivity (Wildman–Crippen MR) is 93.3 cm³/mol. The molecule has 0 unspecified atom stereocenters. The minimum atomic E-state index is 0.724. The molecule has 4 rings (SSSR count). The van der Waals surface area contributed by atoms with Crippen molar-refractivity contribution in [3.05, 3.63) is 60.2 Å². The van der Waals surface area contributed by atoms with Crippen LogP contribution < -0.4 is 14.8 Å². The summed E-state index contributed by atoms with van der Waals surface area (Å²) in [6.07, 6.45) is 0. The average Bonchev–Trinajstić information content (AvgIpc) is 2.61. The standard InChI is InChI=1S/C19H16N2O2/c1-22-13-9-10-14(17(11-13)23-2)19-20-15-7-3-5-12-6-4-8-16(21-19)18(12)15/h3-11H,1-2H3,(H,20,21). The first-order valence-electron chi connectivity index (χ1n) is 7.40. The Kier molecular flexibility index (Phi) is 3.15. The molecule has 0 amide bonds. The summed E-state index contributed by atoms with van der Waals surface area (Å²) in [6, 6.07) is 18.1. The Balaban J connectivity index is 1.89. The van der Waals surface area contributed by atoms with Gasteiger partial charge in [-0.15, -0.1) is 0 Å². The molecule has 0 atom stereocenters. The van der Waals surface area contributed by atoms with Gasteiger partial charge in [0.05, 0.1) is 25.5 Å². The molecule has 1 heterocycles. The zero-order valence-electron chi connectivity index (χ0n) is 13.0. The second-order valence-electron chi connectivity index (χ2n) is 5.33. The first-order chi connectivity index (χ1) is 11.3. The van der Waals surface area contributed by atoms with Gasteiger partial charge in [-0.25, -0.2) is 4.99 Å². The zero-order chi connectivity index (χ0) is 15.8. The highest BCUT2D eigenvalue weighted by molar-refractivity contribution is 6.19. The summed E-state index contributed by atoms with van der Waals surface area (Å²) in [5.74, 6) is 2.25. The van der Waals surface area contributed by atoms with Gasteiger partial charge in [-0.05, 0) is 29.7 Å². The van der Waals surface area contributed by atoms with Crippen LogP contribution in [0.15, 0.2) is 59.6 Å². The van der Waals surface area contributed by atoms with Gasteiger partial charge in [0.15, 0.2) is 0 Å². The highest BCUT2D eigenvalue weighted by atomic mass is 16.5. The largest absolute Gasteiger partial charge is 0.497 e. The van der Waals surface area contributed by atoms with Crippen molar-refractivity contribution in [2.45, 2.75) is 0 Å². The van der Waals surface area contributed by atoms with E-state index in [1.165, 1.54) is 5.39 Å². The van der Waals surface area contributed by atoms with Gasteiger partial charge in [-0.1, -0.05) is 24.3 Å². The Morgan fingerprint density at radius 3 is 2.52 bits per heavy atom. The minimum absolute atomic E-state index is 0.724. The normalized spacial score (nSPS) is 12.5. The molecule has 0 spiro atoms. The molecule has 1 aliphatic rings. The van der Waals surface area contributed by atoms with E-state index in [9.17, 15) is 0 Å². The van der Waals surface area contributed by atoms with Crippen molar-refractivity contribution in [1.82, 2.24) is 0 Å². The number of methoxy groups -OCH3 is 2. The third kappa shape index (κ3) is 2.19. The van der Waals surface area contributed by atoms with E-state index >= 15 is 0 Å². The van der Waals surface area contributed by atoms with E-state index in [2.05, 4.69) is 23.5 Å². The van der Waals surface area contributed by atoms with Crippen molar-refractivity contribution in [3.63, 3.8) is 0 Å². The molecule has 23 heavy (non-hydrogen) atoms. The molecule has 0 radical (unpaired) electrons. The monoisotopic (exact) mass is 304 g/mol. The van der Waals surface area contributed by atoms with Crippen molar-refractivity contribution >= 4 is 28.0 Å². The maximum absolute atomic E-state index is 5.50. The molecule has 0 bridgehead atoms. The SMILES string of the molecule is COc1ccc(C2=Nc3cccc4cccc(c34)N2)c(OC)c1. The molecule has 0 aliphatic carbocycles. The summed E-state index contributed by atoms with van der Waals surface area (Å²) in [5.41, 5.74) is 2.92. The van der Waals surface area contributed by atoms with Crippen molar-refractivity contribution in [2.75, 3.05) is 19.5 Å². The lowest BCUT2D eigenvalue weighted by Crippen LogP contribution is -2.17. The Bertz CT molecular complexity index is 927. The number of benzene rings is 3. The third-order valence-corrected chi connectivity index (χ3v) is 4.03. The molecule has 0 saturated carbocycles. The number of aliphatic imine (C=N–C) groups is 1. The van der Waals surface area contributed by atoms with E-state index in [0.717, 1.165) is 39.7 Å². The summed E-state index contributed by atoms with van der Waals surface area (Å²) in [7, 11) is 3.29. The fourth-order valence-corrected chi connectivity index (χ4v) is 2.92. The Labute approximate surface area is 134 Å². The fraction of sp³-hybridized carbons (Fsp3) is 0.105. The predicted octanol–water partition coefficient (Wildman–Crippen LogP) is 4.36. The smallest absolute Gasteiger partial charge is 0.142 e. The van der Waals surface area contributed by atoms with E-state index in [1.54, 1.807) is 14.2 Å². The van der Waals surface area contributed by atoms with Gasteiger partial charge < -0.3 is 14.8 Å². The number of nitrogens with one attached hydrogen (secondary N) is 1. The second-order valence-corrected chi connectivity index (χ2v) is 5.33. The summed E-state index contributed by atoms with van der Waals surface area (Å²) >= 11 is 0. The molecule has 0 aromatic heterocycles. The second kappa shape index (κ2) is 5.32. The van der Waals surface area contributed by atoms with Crippen LogP contribution in [0.2, 0.25) is 0 Å². The van der Waals surface area contributed by atoms with Crippen molar-refractivity contribution < 1.29 is 9.47 Å². The number of hydrogen-bond acceptors (Lipinski definition) is 4. The van der Waals surface area contributed by atoms with Crippen LogP contribution >= 0.6 is 0 Å². The van der Waals surface area contributed by atoms with Crippen LogP contribution in [0.25, 0.3) is 10.8 Å². The topological polar surface area (TPSA) is 42.8 Å².